The van der Waals surface area contributed by atoms with Crippen LogP contribution in [0.3, 0.4) is 0 Å². The fourth-order valence-corrected chi connectivity index (χ4v) is 4.61. The molecule has 20 heavy (non-hydrogen) atoms. The zero-order valence-electron chi connectivity index (χ0n) is 10.6. The van der Waals surface area contributed by atoms with Crippen LogP contribution in [-0.4, -0.2) is 31.8 Å². The van der Waals surface area contributed by atoms with E-state index in [9.17, 15) is 13.2 Å². The molecule has 2 fully saturated rings. The number of hydrogen-bond donors (Lipinski definition) is 0. The molecule has 2 unspecified atom stereocenters. The third kappa shape index (κ3) is 2.61. The van der Waals surface area contributed by atoms with Crippen LogP contribution >= 0.6 is 26.6 Å². The van der Waals surface area contributed by atoms with Crippen LogP contribution in [0.1, 0.15) is 29.6 Å². The molecule has 1 saturated carbocycles. The molecule has 1 aromatic carbocycles. The van der Waals surface area contributed by atoms with E-state index in [4.69, 9.17) is 10.7 Å². The molecule has 108 valence electrons. The summed E-state index contributed by atoms with van der Waals surface area (Å²) >= 11 is 3.23. The zero-order chi connectivity index (χ0) is 14.5. The lowest BCUT2D eigenvalue weighted by Gasteiger charge is -2.27. The van der Waals surface area contributed by atoms with Gasteiger partial charge >= 0.3 is 0 Å². The van der Waals surface area contributed by atoms with E-state index in [2.05, 4.69) is 15.9 Å². The molecule has 0 aromatic heterocycles. The minimum Gasteiger partial charge on any atom is -0.335 e. The number of fused-ring (bicyclic) bond motifs is 2. The van der Waals surface area contributed by atoms with Gasteiger partial charge in [0.1, 0.15) is 0 Å². The summed E-state index contributed by atoms with van der Waals surface area (Å²) in [5, 5.41) is 0. The van der Waals surface area contributed by atoms with Crippen LogP contribution in [0.25, 0.3) is 0 Å². The lowest BCUT2D eigenvalue weighted by Crippen LogP contribution is -2.37. The molecule has 1 heterocycles. The number of carbonyl (C=O) groups is 1. The van der Waals surface area contributed by atoms with Crippen molar-refractivity contribution < 1.29 is 13.2 Å². The minimum atomic E-state index is -3.84. The summed E-state index contributed by atoms with van der Waals surface area (Å²) in [7, 11) is 1.51. The number of likely N-dealkylation sites (tertiary alicyclic amines) is 1. The molecule has 2 bridgehead atoms. The van der Waals surface area contributed by atoms with Crippen molar-refractivity contribution in [3.05, 3.63) is 28.2 Å². The molecule has 2 atom stereocenters. The largest absolute Gasteiger partial charge is 0.335 e. The van der Waals surface area contributed by atoms with E-state index in [1.165, 1.54) is 18.6 Å². The Labute approximate surface area is 130 Å². The van der Waals surface area contributed by atoms with Gasteiger partial charge in [0.2, 0.25) is 0 Å². The van der Waals surface area contributed by atoms with Crippen LogP contribution in [0.4, 0.5) is 0 Å². The number of nitrogens with zero attached hydrogens (tertiary/aromatic N) is 1. The highest BCUT2D eigenvalue weighted by molar-refractivity contribution is 9.10. The summed E-state index contributed by atoms with van der Waals surface area (Å²) in [5.74, 6) is 0.493. The van der Waals surface area contributed by atoms with E-state index in [1.54, 1.807) is 6.07 Å². The van der Waals surface area contributed by atoms with Crippen molar-refractivity contribution in [1.29, 1.82) is 0 Å². The van der Waals surface area contributed by atoms with Crippen molar-refractivity contribution in [1.82, 2.24) is 4.90 Å². The summed E-state index contributed by atoms with van der Waals surface area (Å²) < 4.78 is 23.4. The molecule has 7 heteroatoms. The molecular weight excluding hydrogens is 366 g/mol. The van der Waals surface area contributed by atoms with Crippen molar-refractivity contribution in [2.75, 3.05) is 6.54 Å². The summed E-state index contributed by atoms with van der Waals surface area (Å²) in [6.45, 7) is 0.777. The van der Waals surface area contributed by atoms with Gasteiger partial charge in [-0.15, -0.1) is 0 Å². The summed E-state index contributed by atoms with van der Waals surface area (Å²) in [4.78, 5) is 14.3. The second-order valence-corrected chi connectivity index (χ2v) is 8.89. The van der Waals surface area contributed by atoms with Crippen LogP contribution in [0, 0.1) is 5.92 Å². The first kappa shape index (κ1) is 14.4. The molecule has 3 rings (SSSR count). The standard InChI is InChI=1S/C13H13BrClNO3S/c14-10-4-9(5-12(6-10)20(15,18)19)13(17)16-7-8-1-2-11(16)3-8/h4-6,8,11H,1-3,7H2. The maximum Gasteiger partial charge on any atom is 0.261 e. The highest BCUT2D eigenvalue weighted by atomic mass is 79.9. The molecule has 2 aliphatic rings. The maximum absolute atomic E-state index is 12.5. The normalized spacial score (nSPS) is 25.2. The lowest BCUT2D eigenvalue weighted by molar-refractivity contribution is 0.0703. The van der Waals surface area contributed by atoms with Crippen LogP contribution in [0.15, 0.2) is 27.6 Å². The number of halogens is 2. The first-order valence-corrected chi connectivity index (χ1v) is 9.51. The van der Waals surface area contributed by atoms with Crippen LogP contribution in [0.5, 0.6) is 0 Å². The van der Waals surface area contributed by atoms with E-state index >= 15 is 0 Å². The Morgan fingerprint density at radius 3 is 2.60 bits per heavy atom. The van der Waals surface area contributed by atoms with Crippen molar-refractivity contribution in [2.45, 2.75) is 30.2 Å². The third-order valence-corrected chi connectivity index (χ3v) is 5.86. The number of piperidine rings is 1. The van der Waals surface area contributed by atoms with Gasteiger partial charge in [-0.3, -0.25) is 4.79 Å². The highest BCUT2D eigenvalue weighted by Gasteiger charge is 2.40. The average Bonchev–Trinajstić information content (AvgIpc) is 2.98. The second-order valence-electron chi connectivity index (χ2n) is 5.40. The van der Waals surface area contributed by atoms with Gasteiger partial charge in [-0.05, 0) is 43.4 Å². The van der Waals surface area contributed by atoms with Gasteiger partial charge < -0.3 is 4.90 Å². The molecule has 0 radical (unpaired) electrons. The molecule has 1 aliphatic heterocycles. The third-order valence-electron chi connectivity index (χ3n) is 4.07. The molecule has 1 aromatic rings. The van der Waals surface area contributed by atoms with Gasteiger partial charge in [0, 0.05) is 33.3 Å². The van der Waals surface area contributed by atoms with Crippen LogP contribution < -0.4 is 0 Å². The van der Waals surface area contributed by atoms with E-state index in [1.807, 2.05) is 4.90 Å². The first-order valence-electron chi connectivity index (χ1n) is 6.41. The fourth-order valence-electron chi connectivity index (χ4n) is 3.17. The van der Waals surface area contributed by atoms with Gasteiger partial charge in [-0.25, -0.2) is 8.42 Å². The molecule has 4 nitrogen and oxygen atoms in total. The number of rotatable bonds is 2. The second kappa shape index (κ2) is 5.00. The minimum absolute atomic E-state index is 0.0544. The number of hydrogen-bond acceptors (Lipinski definition) is 3. The quantitative estimate of drug-likeness (QED) is 0.743. The van der Waals surface area contributed by atoms with Gasteiger partial charge in [-0.2, -0.15) is 0 Å². The monoisotopic (exact) mass is 377 g/mol. The summed E-state index contributed by atoms with van der Waals surface area (Å²) in [5.41, 5.74) is 0.367. The summed E-state index contributed by atoms with van der Waals surface area (Å²) in [6, 6.07) is 4.69. The Hall–Kier alpha value is -0.590. The van der Waals surface area contributed by atoms with E-state index in [0.717, 1.165) is 19.4 Å². The smallest absolute Gasteiger partial charge is 0.261 e. The van der Waals surface area contributed by atoms with Crippen molar-refractivity contribution in [3.63, 3.8) is 0 Å². The number of amides is 1. The van der Waals surface area contributed by atoms with E-state index in [-0.39, 0.29) is 10.8 Å². The Morgan fingerprint density at radius 1 is 1.30 bits per heavy atom. The SMILES string of the molecule is O=C(c1cc(Br)cc(S(=O)(=O)Cl)c1)N1CC2CCC1C2. The Kier molecular flexibility index (Phi) is 3.59. The maximum atomic E-state index is 12.5. The molecule has 1 saturated heterocycles. The average molecular weight is 379 g/mol. The lowest BCUT2D eigenvalue weighted by atomic mass is 10.1. The molecular formula is C13H13BrClNO3S. The van der Waals surface area contributed by atoms with Gasteiger partial charge in [0.25, 0.3) is 15.0 Å². The summed E-state index contributed by atoms with van der Waals surface area (Å²) in [6.07, 6.45) is 3.31. The van der Waals surface area contributed by atoms with Crippen molar-refractivity contribution in [2.24, 2.45) is 5.92 Å². The molecule has 0 N–H and O–H groups in total. The molecule has 1 amide bonds. The Morgan fingerprint density at radius 2 is 2.05 bits per heavy atom. The fraction of sp³-hybridized carbons (Fsp3) is 0.462. The van der Waals surface area contributed by atoms with Crippen LogP contribution in [-0.2, 0) is 9.05 Å². The van der Waals surface area contributed by atoms with Gasteiger partial charge in [-0.1, -0.05) is 15.9 Å². The van der Waals surface area contributed by atoms with E-state index in [0.29, 0.717) is 22.0 Å². The topological polar surface area (TPSA) is 54.5 Å². The van der Waals surface area contributed by atoms with Gasteiger partial charge in [0.05, 0.1) is 4.90 Å². The molecule has 1 aliphatic carbocycles. The van der Waals surface area contributed by atoms with E-state index < -0.39 is 9.05 Å². The van der Waals surface area contributed by atoms with Crippen molar-refractivity contribution in [3.8, 4) is 0 Å². The van der Waals surface area contributed by atoms with Gasteiger partial charge in [0.15, 0.2) is 0 Å². The zero-order valence-corrected chi connectivity index (χ0v) is 13.7. The molecule has 0 spiro atoms. The Bertz CT molecular complexity index is 676. The van der Waals surface area contributed by atoms with Crippen LogP contribution in [0.2, 0.25) is 0 Å². The highest BCUT2D eigenvalue weighted by Crippen LogP contribution is 2.38. The number of benzene rings is 1. The predicted molar refractivity (Wildman–Crippen MR) is 79.3 cm³/mol. The predicted octanol–water partition coefficient (Wildman–Crippen LogP) is 3.00. The first-order chi connectivity index (χ1) is 9.34. The Balaban J connectivity index is 1.94. The number of carbonyl (C=O) groups excluding carboxylic acids is 1. The van der Waals surface area contributed by atoms with Crippen molar-refractivity contribution >= 4 is 41.6 Å².